The molecule has 1 amide bonds. The molecule has 1 saturated heterocycles. The van der Waals surface area contributed by atoms with E-state index in [9.17, 15) is 4.79 Å². The normalized spacial score (nSPS) is 21.3. The molecule has 4 heteroatoms. The largest absolute Gasteiger partial charge is 0.345 e. The van der Waals surface area contributed by atoms with Crippen molar-refractivity contribution in [1.29, 1.82) is 0 Å². The number of carbonyl (C=O) groups is 1. The maximum absolute atomic E-state index is 11.7. The standard InChI is InChI=1S/C13H26N2OS/c1-10(2)15(11(3)4)8-9-17-12-6-7-14(5)13(12)16/h10-12H,6-9H2,1-5H3/t12-/m1/s1. The number of thioether (sulfide) groups is 1. The Morgan fingerprint density at radius 3 is 2.35 bits per heavy atom. The van der Waals surface area contributed by atoms with Crippen molar-refractivity contribution in [1.82, 2.24) is 9.80 Å². The fraction of sp³-hybridized carbons (Fsp3) is 0.923. The van der Waals surface area contributed by atoms with E-state index in [1.165, 1.54) is 0 Å². The Kier molecular flexibility index (Phi) is 5.80. The number of hydrogen-bond acceptors (Lipinski definition) is 3. The molecule has 1 rings (SSSR count). The van der Waals surface area contributed by atoms with Crippen LogP contribution in [0.2, 0.25) is 0 Å². The summed E-state index contributed by atoms with van der Waals surface area (Å²) in [6.07, 6.45) is 1.02. The van der Waals surface area contributed by atoms with Crippen LogP contribution in [-0.2, 0) is 4.79 Å². The van der Waals surface area contributed by atoms with Gasteiger partial charge in [0.25, 0.3) is 0 Å². The van der Waals surface area contributed by atoms with Crippen LogP contribution >= 0.6 is 11.8 Å². The lowest BCUT2D eigenvalue weighted by atomic mass is 10.2. The number of amides is 1. The summed E-state index contributed by atoms with van der Waals surface area (Å²) < 4.78 is 0. The summed E-state index contributed by atoms with van der Waals surface area (Å²) in [6.45, 7) is 10.9. The molecule has 0 bridgehead atoms. The number of hydrogen-bond donors (Lipinski definition) is 0. The van der Waals surface area contributed by atoms with Crippen LogP contribution in [0.25, 0.3) is 0 Å². The molecule has 0 aromatic carbocycles. The molecule has 1 heterocycles. The van der Waals surface area contributed by atoms with E-state index < -0.39 is 0 Å². The van der Waals surface area contributed by atoms with Gasteiger partial charge < -0.3 is 4.90 Å². The molecule has 1 atom stereocenters. The average Bonchev–Trinajstić information content (AvgIpc) is 2.54. The summed E-state index contributed by atoms with van der Waals surface area (Å²) in [7, 11) is 1.90. The first kappa shape index (κ1) is 14.8. The molecule has 100 valence electrons. The summed E-state index contributed by atoms with van der Waals surface area (Å²) in [6, 6.07) is 1.16. The van der Waals surface area contributed by atoms with E-state index in [1.807, 2.05) is 23.7 Å². The Morgan fingerprint density at radius 1 is 1.35 bits per heavy atom. The highest BCUT2D eigenvalue weighted by molar-refractivity contribution is 8.00. The van der Waals surface area contributed by atoms with Gasteiger partial charge in [0.15, 0.2) is 0 Å². The van der Waals surface area contributed by atoms with Crippen LogP contribution in [0.4, 0.5) is 0 Å². The van der Waals surface area contributed by atoms with Crippen molar-refractivity contribution in [2.75, 3.05) is 25.9 Å². The molecular weight excluding hydrogens is 232 g/mol. The lowest BCUT2D eigenvalue weighted by molar-refractivity contribution is -0.126. The monoisotopic (exact) mass is 258 g/mol. The van der Waals surface area contributed by atoms with E-state index in [0.29, 0.717) is 18.0 Å². The van der Waals surface area contributed by atoms with E-state index in [2.05, 4.69) is 32.6 Å². The molecule has 0 saturated carbocycles. The van der Waals surface area contributed by atoms with Crippen molar-refractivity contribution < 1.29 is 4.79 Å². The highest BCUT2D eigenvalue weighted by Crippen LogP contribution is 2.23. The smallest absolute Gasteiger partial charge is 0.235 e. The van der Waals surface area contributed by atoms with Gasteiger partial charge in [0, 0.05) is 38.0 Å². The predicted molar refractivity (Wildman–Crippen MR) is 75.5 cm³/mol. The second-order valence-electron chi connectivity index (χ2n) is 5.33. The van der Waals surface area contributed by atoms with Gasteiger partial charge in [-0.3, -0.25) is 9.69 Å². The third kappa shape index (κ3) is 4.18. The maximum atomic E-state index is 11.7. The second-order valence-corrected chi connectivity index (χ2v) is 6.64. The summed E-state index contributed by atoms with van der Waals surface area (Å²) >= 11 is 1.83. The zero-order valence-electron chi connectivity index (χ0n) is 11.8. The van der Waals surface area contributed by atoms with Gasteiger partial charge in [-0.25, -0.2) is 0 Å². The Balaban J connectivity index is 2.29. The number of rotatable bonds is 6. The third-order valence-corrected chi connectivity index (χ3v) is 4.63. The summed E-state index contributed by atoms with van der Waals surface area (Å²) in [4.78, 5) is 16.1. The van der Waals surface area contributed by atoms with Crippen molar-refractivity contribution in [3.05, 3.63) is 0 Å². The topological polar surface area (TPSA) is 23.6 Å². The fourth-order valence-electron chi connectivity index (χ4n) is 2.36. The Bertz CT molecular complexity index is 248. The van der Waals surface area contributed by atoms with E-state index in [4.69, 9.17) is 0 Å². The van der Waals surface area contributed by atoms with Crippen molar-refractivity contribution in [2.45, 2.75) is 51.4 Å². The van der Waals surface area contributed by atoms with Gasteiger partial charge in [-0.05, 0) is 34.1 Å². The van der Waals surface area contributed by atoms with Crippen molar-refractivity contribution in [2.24, 2.45) is 0 Å². The molecule has 3 nitrogen and oxygen atoms in total. The molecule has 0 aromatic rings. The maximum Gasteiger partial charge on any atom is 0.235 e. The molecule has 0 aromatic heterocycles. The molecule has 1 fully saturated rings. The minimum absolute atomic E-state index is 0.209. The van der Waals surface area contributed by atoms with Crippen LogP contribution in [0.5, 0.6) is 0 Å². The predicted octanol–water partition coefficient (Wildman–Crippen LogP) is 2.07. The van der Waals surface area contributed by atoms with Crippen molar-refractivity contribution in [3.8, 4) is 0 Å². The lowest BCUT2D eigenvalue weighted by Crippen LogP contribution is -2.38. The van der Waals surface area contributed by atoms with E-state index in [1.54, 1.807) is 0 Å². The number of likely N-dealkylation sites (tertiary alicyclic amines) is 1. The molecule has 17 heavy (non-hydrogen) atoms. The summed E-state index contributed by atoms with van der Waals surface area (Å²) in [5.41, 5.74) is 0. The Labute approximate surface area is 110 Å². The third-order valence-electron chi connectivity index (χ3n) is 3.37. The second kappa shape index (κ2) is 6.64. The van der Waals surface area contributed by atoms with Crippen LogP contribution in [0.15, 0.2) is 0 Å². The molecule has 0 aliphatic carbocycles. The van der Waals surface area contributed by atoms with Crippen LogP contribution < -0.4 is 0 Å². The molecule has 0 spiro atoms. The van der Waals surface area contributed by atoms with Gasteiger partial charge in [-0.1, -0.05) is 0 Å². The first-order valence-electron chi connectivity index (χ1n) is 6.55. The summed E-state index contributed by atoms with van der Waals surface area (Å²) in [5.74, 6) is 1.37. The average molecular weight is 258 g/mol. The highest BCUT2D eigenvalue weighted by Gasteiger charge is 2.29. The Hall–Kier alpha value is -0.220. The quantitative estimate of drug-likeness (QED) is 0.729. The van der Waals surface area contributed by atoms with Gasteiger partial charge in [0.1, 0.15) is 0 Å². The minimum atomic E-state index is 0.209. The van der Waals surface area contributed by atoms with Gasteiger partial charge in [0.2, 0.25) is 5.91 Å². The van der Waals surface area contributed by atoms with Gasteiger partial charge in [-0.15, -0.1) is 11.8 Å². The first-order chi connectivity index (χ1) is 7.93. The zero-order valence-corrected chi connectivity index (χ0v) is 12.6. The van der Waals surface area contributed by atoms with E-state index >= 15 is 0 Å². The van der Waals surface area contributed by atoms with Crippen LogP contribution in [0.1, 0.15) is 34.1 Å². The summed E-state index contributed by atoms with van der Waals surface area (Å²) in [5, 5.41) is 0.209. The van der Waals surface area contributed by atoms with Crippen LogP contribution in [0.3, 0.4) is 0 Å². The fourth-order valence-corrected chi connectivity index (χ4v) is 3.55. The number of nitrogens with zero attached hydrogens (tertiary/aromatic N) is 2. The lowest BCUT2D eigenvalue weighted by Gasteiger charge is -2.30. The molecule has 1 aliphatic rings. The molecule has 1 aliphatic heterocycles. The van der Waals surface area contributed by atoms with Gasteiger partial charge in [-0.2, -0.15) is 0 Å². The molecule has 0 N–H and O–H groups in total. The molecule has 0 radical (unpaired) electrons. The SMILES string of the molecule is CC(C)N(CCS[C@@H]1CCN(C)C1=O)C(C)C. The van der Waals surface area contributed by atoms with Gasteiger partial charge >= 0.3 is 0 Å². The molecule has 0 unspecified atom stereocenters. The van der Waals surface area contributed by atoms with Crippen LogP contribution in [0, 0.1) is 0 Å². The zero-order chi connectivity index (χ0) is 13.0. The number of carbonyl (C=O) groups excluding carboxylic acids is 1. The Morgan fingerprint density at radius 2 is 1.94 bits per heavy atom. The highest BCUT2D eigenvalue weighted by atomic mass is 32.2. The minimum Gasteiger partial charge on any atom is -0.345 e. The van der Waals surface area contributed by atoms with E-state index in [0.717, 1.165) is 25.3 Å². The van der Waals surface area contributed by atoms with Crippen molar-refractivity contribution in [3.63, 3.8) is 0 Å². The van der Waals surface area contributed by atoms with Crippen molar-refractivity contribution >= 4 is 17.7 Å². The molecular formula is C13H26N2OS. The first-order valence-corrected chi connectivity index (χ1v) is 7.60. The van der Waals surface area contributed by atoms with Gasteiger partial charge in [0.05, 0.1) is 5.25 Å². The van der Waals surface area contributed by atoms with E-state index in [-0.39, 0.29) is 5.25 Å². The van der Waals surface area contributed by atoms with Crippen LogP contribution in [-0.4, -0.2) is 58.9 Å².